The molecule has 2 N–H and O–H groups in total. The summed E-state index contributed by atoms with van der Waals surface area (Å²) < 4.78 is 5.51. The molecule has 1 amide bonds. The Bertz CT molecular complexity index is 599. The van der Waals surface area contributed by atoms with Crippen molar-refractivity contribution in [3.63, 3.8) is 0 Å². The van der Waals surface area contributed by atoms with E-state index in [1.165, 1.54) is 0 Å². The predicted octanol–water partition coefficient (Wildman–Crippen LogP) is 2.45. The van der Waals surface area contributed by atoms with Crippen molar-refractivity contribution in [2.24, 2.45) is 0 Å². The van der Waals surface area contributed by atoms with Gasteiger partial charge >= 0.3 is 0 Å². The summed E-state index contributed by atoms with van der Waals surface area (Å²) in [5.74, 6) is 0.129. The van der Waals surface area contributed by atoms with Crippen molar-refractivity contribution in [3.8, 4) is 0 Å². The van der Waals surface area contributed by atoms with Crippen molar-refractivity contribution in [1.82, 2.24) is 10.6 Å². The zero-order valence-electron chi connectivity index (χ0n) is 10.4. The summed E-state index contributed by atoms with van der Waals surface area (Å²) in [5, 5.41) is 7.75. The number of fused-ring (bicyclic) bond motifs is 1. The van der Waals surface area contributed by atoms with Crippen LogP contribution in [0.5, 0.6) is 0 Å². The third-order valence-electron chi connectivity index (χ3n) is 3.48. The standard InChI is InChI=1S/C14H15ClN2O2/c15-14-11(10-3-1-2-4-12(10)19-14)8-16-9-5-6-13(18)17-7-9/h1-4,9,16H,5-8H2,(H,17,18). The SMILES string of the molecule is O=C1CCC(NCc2c(Cl)oc3ccccc23)CN1. The Morgan fingerprint density at radius 2 is 2.26 bits per heavy atom. The number of hydrogen-bond acceptors (Lipinski definition) is 3. The van der Waals surface area contributed by atoms with Gasteiger partial charge in [-0.05, 0) is 24.1 Å². The first-order valence-corrected chi connectivity index (χ1v) is 6.78. The number of amides is 1. The van der Waals surface area contributed by atoms with E-state index in [9.17, 15) is 4.79 Å². The van der Waals surface area contributed by atoms with E-state index in [2.05, 4.69) is 10.6 Å². The van der Waals surface area contributed by atoms with Gasteiger partial charge in [0.1, 0.15) is 5.58 Å². The molecule has 1 fully saturated rings. The molecular weight excluding hydrogens is 264 g/mol. The molecular formula is C14H15ClN2O2. The lowest BCUT2D eigenvalue weighted by Gasteiger charge is -2.23. The van der Waals surface area contributed by atoms with Gasteiger partial charge in [-0.15, -0.1) is 0 Å². The zero-order valence-corrected chi connectivity index (χ0v) is 11.2. The molecule has 2 heterocycles. The van der Waals surface area contributed by atoms with Crippen molar-refractivity contribution in [3.05, 3.63) is 35.0 Å². The third kappa shape index (κ3) is 2.60. The molecule has 1 atom stereocenters. The quantitative estimate of drug-likeness (QED) is 0.907. The van der Waals surface area contributed by atoms with Crippen LogP contribution >= 0.6 is 11.6 Å². The van der Waals surface area contributed by atoms with E-state index in [1.807, 2.05) is 24.3 Å². The third-order valence-corrected chi connectivity index (χ3v) is 3.79. The molecule has 1 aromatic carbocycles. The molecule has 0 aliphatic carbocycles. The Kier molecular flexibility index (Phi) is 3.44. The number of carbonyl (C=O) groups excluding carboxylic acids is 1. The van der Waals surface area contributed by atoms with E-state index in [0.29, 0.717) is 30.8 Å². The molecule has 2 aromatic rings. The molecule has 100 valence electrons. The van der Waals surface area contributed by atoms with Gasteiger partial charge in [-0.3, -0.25) is 4.79 Å². The smallest absolute Gasteiger partial charge is 0.220 e. The van der Waals surface area contributed by atoms with Gasteiger partial charge in [0.15, 0.2) is 5.22 Å². The topological polar surface area (TPSA) is 54.3 Å². The fraction of sp³-hybridized carbons (Fsp3) is 0.357. The highest BCUT2D eigenvalue weighted by Gasteiger charge is 2.19. The van der Waals surface area contributed by atoms with E-state index in [0.717, 1.165) is 23.0 Å². The molecule has 5 heteroatoms. The number of nitrogens with one attached hydrogen (secondary N) is 2. The molecule has 1 aliphatic rings. The van der Waals surface area contributed by atoms with Crippen LogP contribution in [-0.2, 0) is 11.3 Å². The second kappa shape index (κ2) is 5.23. The van der Waals surface area contributed by atoms with E-state index in [1.54, 1.807) is 0 Å². The van der Waals surface area contributed by atoms with Gasteiger partial charge in [0.25, 0.3) is 0 Å². The number of halogens is 1. The van der Waals surface area contributed by atoms with Crippen LogP contribution in [0, 0.1) is 0 Å². The van der Waals surface area contributed by atoms with E-state index in [4.69, 9.17) is 16.0 Å². The predicted molar refractivity (Wildman–Crippen MR) is 74.1 cm³/mol. The van der Waals surface area contributed by atoms with Crippen LogP contribution in [0.3, 0.4) is 0 Å². The first kappa shape index (κ1) is 12.5. The second-order valence-corrected chi connectivity index (χ2v) is 5.11. The molecule has 4 nitrogen and oxygen atoms in total. The lowest BCUT2D eigenvalue weighted by molar-refractivity contribution is -0.122. The molecule has 1 aromatic heterocycles. The zero-order chi connectivity index (χ0) is 13.2. The van der Waals surface area contributed by atoms with Crippen LogP contribution in [0.25, 0.3) is 11.0 Å². The van der Waals surface area contributed by atoms with Crippen molar-refractivity contribution in [2.45, 2.75) is 25.4 Å². The Morgan fingerprint density at radius 1 is 1.42 bits per heavy atom. The van der Waals surface area contributed by atoms with Crippen molar-refractivity contribution >= 4 is 28.5 Å². The fourth-order valence-electron chi connectivity index (χ4n) is 2.39. The van der Waals surface area contributed by atoms with Gasteiger partial charge in [-0.25, -0.2) is 0 Å². The summed E-state index contributed by atoms with van der Waals surface area (Å²) in [6, 6.07) is 8.10. The van der Waals surface area contributed by atoms with Crippen molar-refractivity contribution in [1.29, 1.82) is 0 Å². The minimum atomic E-state index is 0.129. The normalized spacial score (nSPS) is 19.6. The molecule has 0 saturated carbocycles. The molecule has 1 unspecified atom stereocenters. The van der Waals surface area contributed by atoms with Crippen LogP contribution in [0.1, 0.15) is 18.4 Å². The maximum absolute atomic E-state index is 11.1. The van der Waals surface area contributed by atoms with Crippen LogP contribution in [0.4, 0.5) is 0 Å². The van der Waals surface area contributed by atoms with Gasteiger partial charge in [0.05, 0.1) is 0 Å². The Morgan fingerprint density at radius 3 is 3.05 bits per heavy atom. The number of carbonyl (C=O) groups is 1. The number of hydrogen-bond donors (Lipinski definition) is 2. The van der Waals surface area contributed by atoms with E-state index in [-0.39, 0.29) is 5.91 Å². The number of furan rings is 1. The summed E-state index contributed by atoms with van der Waals surface area (Å²) in [6.45, 7) is 1.32. The second-order valence-electron chi connectivity index (χ2n) is 4.77. The largest absolute Gasteiger partial charge is 0.444 e. The van der Waals surface area contributed by atoms with Gasteiger partial charge in [0, 0.05) is 36.5 Å². The van der Waals surface area contributed by atoms with Gasteiger partial charge < -0.3 is 15.1 Å². The molecule has 0 radical (unpaired) electrons. The Balaban J connectivity index is 1.71. The lowest BCUT2D eigenvalue weighted by atomic mass is 10.1. The van der Waals surface area contributed by atoms with Crippen molar-refractivity contribution < 1.29 is 9.21 Å². The average molecular weight is 279 g/mol. The average Bonchev–Trinajstić information content (AvgIpc) is 2.74. The summed E-state index contributed by atoms with van der Waals surface area (Å²) in [7, 11) is 0. The summed E-state index contributed by atoms with van der Waals surface area (Å²) >= 11 is 6.13. The first-order chi connectivity index (χ1) is 9.24. The van der Waals surface area contributed by atoms with Crippen LogP contribution in [0.2, 0.25) is 5.22 Å². The number of benzene rings is 1. The van der Waals surface area contributed by atoms with Gasteiger partial charge in [-0.2, -0.15) is 0 Å². The van der Waals surface area contributed by atoms with Crippen molar-refractivity contribution in [2.75, 3.05) is 6.54 Å². The highest BCUT2D eigenvalue weighted by Crippen LogP contribution is 2.29. The minimum absolute atomic E-state index is 0.129. The maximum Gasteiger partial charge on any atom is 0.220 e. The molecule has 1 saturated heterocycles. The summed E-state index contributed by atoms with van der Waals surface area (Å²) in [6.07, 6.45) is 1.44. The number of para-hydroxylation sites is 1. The lowest BCUT2D eigenvalue weighted by Crippen LogP contribution is -2.45. The van der Waals surface area contributed by atoms with E-state index < -0.39 is 0 Å². The molecule has 1 aliphatic heterocycles. The maximum atomic E-state index is 11.1. The van der Waals surface area contributed by atoms with Crippen LogP contribution in [-0.4, -0.2) is 18.5 Å². The highest BCUT2D eigenvalue weighted by atomic mass is 35.5. The molecule has 0 spiro atoms. The summed E-state index contributed by atoms with van der Waals surface area (Å²) in [4.78, 5) is 11.1. The number of piperidine rings is 1. The summed E-state index contributed by atoms with van der Waals surface area (Å²) in [5.41, 5.74) is 1.79. The minimum Gasteiger partial charge on any atom is -0.444 e. The first-order valence-electron chi connectivity index (χ1n) is 6.40. The van der Waals surface area contributed by atoms with Gasteiger partial charge in [0.2, 0.25) is 5.91 Å². The van der Waals surface area contributed by atoms with Crippen LogP contribution < -0.4 is 10.6 Å². The molecule has 0 bridgehead atoms. The number of rotatable bonds is 3. The molecule has 19 heavy (non-hydrogen) atoms. The van der Waals surface area contributed by atoms with E-state index >= 15 is 0 Å². The fourth-order valence-corrected chi connectivity index (χ4v) is 2.64. The highest BCUT2D eigenvalue weighted by molar-refractivity contribution is 6.30. The Hall–Kier alpha value is -1.52. The monoisotopic (exact) mass is 278 g/mol. The molecule has 3 rings (SSSR count). The van der Waals surface area contributed by atoms with Crippen LogP contribution in [0.15, 0.2) is 28.7 Å². The Labute approximate surface area is 116 Å². The van der Waals surface area contributed by atoms with Gasteiger partial charge in [-0.1, -0.05) is 18.2 Å².